The molecule has 1 atom stereocenters. The van der Waals surface area contributed by atoms with Crippen LogP contribution in [0.2, 0.25) is 5.02 Å². The smallest absolute Gasteiger partial charge is 0.222 e. The summed E-state index contributed by atoms with van der Waals surface area (Å²) in [5, 5.41) is 6.61. The first-order valence-corrected chi connectivity index (χ1v) is 10.7. The lowest BCUT2D eigenvalue weighted by atomic mass is 9.78. The molecule has 6 heteroatoms. The van der Waals surface area contributed by atoms with Gasteiger partial charge in [-0.2, -0.15) is 0 Å². The maximum Gasteiger partial charge on any atom is 0.222 e. The van der Waals surface area contributed by atoms with Crippen LogP contribution in [0.3, 0.4) is 0 Å². The Kier molecular flexibility index (Phi) is 7.38. The fourth-order valence-corrected chi connectivity index (χ4v) is 4.52. The Morgan fingerprint density at radius 3 is 2.40 bits per heavy atom. The Morgan fingerprint density at radius 2 is 1.77 bits per heavy atom. The molecule has 0 radical (unpaired) electrons. The quantitative estimate of drug-likeness (QED) is 0.648. The molecule has 2 N–H and O–H groups in total. The van der Waals surface area contributed by atoms with Crippen LogP contribution in [0.1, 0.15) is 56.2 Å². The molecule has 0 spiro atoms. The SMILES string of the molecule is COc1ccccc1C1(CNC(=O)CC(NC(C)=O)c2ccc(Cl)cc2)CCCC1. The Hall–Kier alpha value is -2.53. The summed E-state index contributed by atoms with van der Waals surface area (Å²) in [6, 6.07) is 14.9. The third-order valence-corrected chi connectivity index (χ3v) is 6.15. The van der Waals surface area contributed by atoms with Crippen molar-refractivity contribution in [2.24, 2.45) is 0 Å². The number of carbonyl (C=O) groups is 2. The number of nitrogens with one attached hydrogen (secondary N) is 2. The van der Waals surface area contributed by atoms with Gasteiger partial charge in [-0.1, -0.05) is 54.8 Å². The van der Waals surface area contributed by atoms with Gasteiger partial charge < -0.3 is 15.4 Å². The third-order valence-electron chi connectivity index (χ3n) is 5.90. The Bertz CT molecular complexity index is 876. The van der Waals surface area contributed by atoms with Gasteiger partial charge in [0.1, 0.15) is 5.75 Å². The van der Waals surface area contributed by atoms with E-state index in [1.54, 1.807) is 19.2 Å². The highest BCUT2D eigenvalue weighted by Gasteiger charge is 2.38. The van der Waals surface area contributed by atoms with Gasteiger partial charge in [0, 0.05) is 29.5 Å². The van der Waals surface area contributed by atoms with Crippen LogP contribution in [-0.4, -0.2) is 25.5 Å². The molecule has 30 heavy (non-hydrogen) atoms. The van der Waals surface area contributed by atoms with Crippen molar-refractivity contribution < 1.29 is 14.3 Å². The van der Waals surface area contributed by atoms with E-state index < -0.39 is 6.04 Å². The molecule has 2 amide bonds. The number of hydrogen-bond donors (Lipinski definition) is 2. The molecule has 1 saturated carbocycles. The van der Waals surface area contributed by atoms with E-state index in [2.05, 4.69) is 16.7 Å². The first kappa shape index (κ1) is 22.2. The molecule has 0 saturated heterocycles. The minimum absolute atomic E-state index is 0.0927. The van der Waals surface area contributed by atoms with Crippen molar-refractivity contribution in [3.8, 4) is 5.75 Å². The van der Waals surface area contributed by atoms with Crippen LogP contribution in [-0.2, 0) is 15.0 Å². The number of amides is 2. The molecule has 2 aromatic rings. The second kappa shape index (κ2) is 9.98. The monoisotopic (exact) mass is 428 g/mol. The average molecular weight is 429 g/mol. The predicted molar refractivity (Wildman–Crippen MR) is 119 cm³/mol. The first-order valence-electron chi connectivity index (χ1n) is 10.4. The average Bonchev–Trinajstić information content (AvgIpc) is 3.22. The normalized spacial score (nSPS) is 16.0. The molecular weight excluding hydrogens is 400 g/mol. The van der Waals surface area contributed by atoms with Gasteiger partial charge in [0.15, 0.2) is 0 Å². The van der Waals surface area contributed by atoms with E-state index in [-0.39, 0.29) is 23.7 Å². The summed E-state index contributed by atoms with van der Waals surface area (Å²) in [4.78, 5) is 24.5. The van der Waals surface area contributed by atoms with E-state index in [0.717, 1.165) is 42.6 Å². The van der Waals surface area contributed by atoms with Crippen LogP contribution >= 0.6 is 11.6 Å². The molecule has 0 heterocycles. The van der Waals surface area contributed by atoms with Gasteiger partial charge in [0.05, 0.1) is 19.6 Å². The number of ether oxygens (including phenoxy) is 1. The molecule has 0 bridgehead atoms. The predicted octanol–water partition coefficient (Wildman–Crippen LogP) is 4.54. The van der Waals surface area contributed by atoms with Gasteiger partial charge in [-0.15, -0.1) is 0 Å². The maximum absolute atomic E-state index is 12.8. The molecule has 1 fully saturated rings. The number of halogens is 1. The van der Waals surface area contributed by atoms with Crippen molar-refractivity contribution >= 4 is 23.4 Å². The number of benzene rings is 2. The molecule has 2 aromatic carbocycles. The summed E-state index contributed by atoms with van der Waals surface area (Å²) in [7, 11) is 1.68. The van der Waals surface area contributed by atoms with Gasteiger partial charge in [0.25, 0.3) is 0 Å². The molecule has 3 rings (SSSR count). The van der Waals surface area contributed by atoms with Crippen LogP contribution in [0.5, 0.6) is 5.75 Å². The van der Waals surface area contributed by atoms with Crippen LogP contribution < -0.4 is 15.4 Å². The number of rotatable bonds is 8. The standard InChI is InChI=1S/C24H29ClN2O3/c1-17(28)27-21(18-9-11-19(25)12-10-18)15-23(29)26-16-24(13-5-6-14-24)20-7-3-4-8-22(20)30-2/h3-4,7-12,21H,5-6,13-16H2,1-2H3,(H,26,29)(H,27,28). The Morgan fingerprint density at radius 1 is 1.10 bits per heavy atom. The van der Waals surface area contributed by atoms with Crippen LogP contribution in [0.25, 0.3) is 0 Å². The summed E-state index contributed by atoms with van der Waals surface area (Å²) in [5.41, 5.74) is 1.89. The zero-order valence-electron chi connectivity index (χ0n) is 17.5. The molecule has 0 aromatic heterocycles. The summed E-state index contributed by atoms with van der Waals surface area (Å²) in [6.45, 7) is 2.01. The van der Waals surface area contributed by atoms with Crippen LogP contribution in [0.4, 0.5) is 0 Å². The van der Waals surface area contributed by atoms with Crippen molar-refractivity contribution in [2.75, 3.05) is 13.7 Å². The Labute approximate surface area is 183 Å². The highest BCUT2D eigenvalue weighted by atomic mass is 35.5. The van der Waals surface area contributed by atoms with Crippen molar-refractivity contribution in [3.05, 3.63) is 64.7 Å². The highest BCUT2D eigenvalue weighted by molar-refractivity contribution is 6.30. The van der Waals surface area contributed by atoms with Crippen molar-refractivity contribution in [3.63, 3.8) is 0 Å². The Balaban J connectivity index is 1.71. The van der Waals surface area contributed by atoms with E-state index in [9.17, 15) is 9.59 Å². The largest absolute Gasteiger partial charge is 0.496 e. The van der Waals surface area contributed by atoms with E-state index in [4.69, 9.17) is 16.3 Å². The van der Waals surface area contributed by atoms with Gasteiger partial charge >= 0.3 is 0 Å². The highest BCUT2D eigenvalue weighted by Crippen LogP contribution is 2.44. The summed E-state index contributed by atoms with van der Waals surface area (Å²) >= 11 is 5.97. The van der Waals surface area contributed by atoms with E-state index in [1.165, 1.54) is 6.92 Å². The first-order chi connectivity index (χ1) is 14.4. The molecule has 0 aliphatic heterocycles. The lowest BCUT2D eigenvalue weighted by Gasteiger charge is -2.31. The zero-order chi connectivity index (χ0) is 21.6. The minimum Gasteiger partial charge on any atom is -0.496 e. The zero-order valence-corrected chi connectivity index (χ0v) is 18.3. The number of methoxy groups -OCH3 is 1. The molecule has 5 nitrogen and oxygen atoms in total. The van der Waals surface area contributed by atoms with E-state index in [1.807, 2.05) is 30.3 Å². The second-order valence-electron chi connectivity index (χ2n) is 7.97. The summed E-state index contributed by atoms with van der Waals surface area (Å²) < 4.78 is 5.59. The van der Waals surface area contributed by atoms with Crippen molar-refractivity contribution in [1.29, 1.82) is 0 Å². The van der Waals surface area contributed by atoms with Gasteiger partial charge in [0.2, 0.25) is 11.8 Å². The molecule has 1 unspecified atom stereocenters. The van der Waals surface area contributed by atoms with Gasteiger partial charge in [-0.3, -0.25) is 9.59 Å². The van der Waals surface area contributed by atoms with Crippen molar-refractivity contribution in [1.82, 2.24) is 10.6 Å². The topological polar surface area (TPSA) is 67.4 Å². The lowest BCUT2D eigenvalue weighted by Crippen LogP contribution is -2.40. The van der Waals surface area contributed by atoms with Gasteiger partial charge in [-0.05, 0) is 36.6 Å². The molecule has 160 valence electrons. The van der Waals surface area contributed by atoms with Crippen LogP contribution in [0, 0.1) is 0 Å². The number of hydrogen-bond acceptors (Lipinski definition) is 3. The fraction of sp³-hybridized carbons (Fsp3) is 0.417. The number of carbonyl (C=O) groups excluding carboxylic acids is 2. The molecule has 1 aliphatic carbocycles. The molecule has 1 aliphatic rings. The lowest BCUT2D eigenvalue weighted by molar-refractivity contribution is -0.123. The fourth-order valence-electron chi connectivity index (χ4n) is 4.39. The third kappa shape index (κ3) is 5.33. The van der Waals surface area contributed by atoms with Crippen LogP contribution in [0.15, 0.2) is 48.5 Å². The second-order valence-corrected chi connectivity index (χ2v) is 8.41. The van der Waals surface area contributed by atoms with E-state index in [0.29, 0.717) is 11.6 Å². The maximum atomic E-state index is 12.8. The minimum atomic E-state index is -0.398. The summed E-state index contributed by atoms with van der Waals surface area (Å²) in [5.74, 6) is 0.597. The van der Waals surface area contributed by atoms with E-state index >= 15 is 0 Å². The van der Waals surface area contributed by atoms with Gasteiger partial charge in [-0.25, -0.2) is 0 Å². The summed E-state index contributed by atoms with van der Waals surface area (Å²) in [6.07, 6.45) is 4.46. The number of para-hydroxylation sites is 1. The molecular formula is C24H29ClN2O3. The van der Waals surface area contributed by atoms with Crippen molar-refractivity contribution in [2.45, 2.75) is 50.5 Å².